The van der Waals surface area contributed by atoms with Crippen LogP contribution < -0.4 is 10.6 Å². The van der Waals surface area contributed by atoms with Gasteiger partial charge in [0, 0.05) is 32.1 Å². The van der Waals surface area contributed by atoms with Crippen LogP contribution >= 0.6 is 0 Å². The fraction of sp³-hybridized carbons (Fsp3) is 0.900. The Bertz CT molecular complexity index is 180. The van der Waals surface area contributed by atoms with E-state index in [4.69, 9.17) is 0 Å². The van der Waals surface area contributed by atoms with Crippen molar-refractivity contribution >= 4 is 5.91 Å². The molecule has 0 aromatic carbocycles. The summed E-state index contributed by atoms with van der Waals surface area (Å²) < 4.78 is 0. The zero-order valence-corrected chi connectivity index (χ0v) is 9.18. The highest BCUT2D eigenvalue weighted by Crippen LogP contribution is 2.18. The predicted molar refractivity (Wildman–Crippen MR) is 57.2 cm³/mol. The van der Waals surface area contributed by atoms with E-state index in [0.29, 0.717) is 12.5 Å². The van der Waals surface area contributed by atoms with Crippen molar-refractivity contribution in [3.63, 3.8) is 0 Å². The molecule has 0 aliphatic heterocycles. The summed E-state index contributed by atoms with van der Waals surface area (Å²) in [4.78, 5) is 13.5. The molecule has 4 heteroatoms. The summed E-state index contributed by atoms with van der Waals surface area (Å²) in [7, 11) is 3.98. The van der Waals surface area contributed by atoms with Crippen LogP contribution in [0.4, 0.5) is 0 Å². The summed E-state index contributed by atoms with van der Waals surface area (Å²) in [5.74, 6) is 0.198. The third-order valence-corrected chi connectivity index (χ3v) is 2.41. The van der Waals surface area contributed by atoms with Gasteiger partial charge in [-0.05, 0) is 26.9 Å². The lowest BCUT2D eigenvalue weighted by Crippen LogP contribution is -2.32. The Morgan fingerprint density at radius 3 is 2.71 bits per heavy atom. The summed E-state index contributed by atoms with van der Waals surface area (Å²) in [6.07, 6.45) is 2.96. The van der Waals surface area contributed by atoms with Gasteiger partial charge in [0.2, 0.25) is 5.91 Å². The van der Waals surface area contributed by atoms with Crippen molar-refractivity contribution in [3.8, 4) is 0 Å². The molecule has 2 N–H and O–H groups in total. The van der Waals surface area contributed by atoms with Gasteiger partial charge in [0.1, 0.15) is 0 Å². The van der Waals surface area contributed by atoms with E-state index in [1.165, 1.54) is 12.8 Å². The zero-order valence-electron chi connectivity index (χ0n) is 9.18. The SMILES string of the molecule is CNCCN(C)CCC(=O)NC1CC1. The van der Waals surface area contributed by atoms with Gasteiger partial charge in [-0.3, -0.25) is 4.79 Å². The molecule has 1 saturated carbocycles. The lowest BCUT2D eigenvalue weighted by Gasteiger charge is -2.15. The van der Waals surface area contributed by atoms with Gasteiger partial charge in [-0.15, -0.1) is 0 Å². The number of carbonyl (C=O) groups is 1. The number of nitrogens with one attached hydrogen (secondary N) is 2. The lowest BCUT2D eigenvalue weighted by atomic mass is 10.3. The van der Waals surface area contributed by atoms with Gasteiger partial charge in [-0.2, -0.15) is 0 Å². The quantitative estimate of drug-likeness (QED) is 0.597. The number of nitrogens with zero attached hydrogens (tertiary/aromatic N) is 1. The van der Waals surface area contributed by atoms with Crippen molar-refractivity contribution in [3.05, 3.63) is 0 Å². The molecule has 0 saturated heterocycles. The standard InChI is InChI=1S/C10H21N3O/c1-11-6-8-13(2)7-5-10(14)12-9-3-4-9/h9,11H,3-8H2,1-2H3,(H,12,14). The molecule has 0 heterocycles. The maximum Gasteiger partial charge on any atom is 0.221 e. The van der Waals surface area contributed by atoms with E-state index in [0.717, 1.165) is 19.6 Å². The van der Waals surface area contributed by atoms with Gasteiger partial charge in [0.25, 0.3) is 0 Å². The second-order valence-corrected chi connectivity index (χ2v) is 4.00. The van der Waals surface area contributed by atoms with Gasteiger partial charge in [-0.25, -0.2) is 0 Å². The van der Waals surface area contributed by atoms with E-state index in [2.05, 4.69) is 15.5 Å². The number of hydrogen-bond donors (Lipinski definition) is 2. The molecule has 82 valence electrons. The zero-order chi connectivity index (χ0) is 10.4. The Labute approximate surface area is 86.0 Å². The highest BCUT2D eigenvalue weighted by molar-refractivity contribution is 5.76. The summed E-state index contributed by atoms with van der Waals surface area (Å²) in [5.41, 5.74) is 0. The molecule has 0 aromatic heterocycles. The normalized spacial score (nSPS) is 15.9. The molecule has 4 nitrogen and oxygen atoms in total. The van der Waals surface area contributed by atoms with Crippen LogP contribution in [0.5, 0.6) is 0 Å². The van der Waals surface area contributed by atoms with Gasteiger partial charge in [-0.1, -0.05) is 0 Å². The minimum absolute atomic E-state index is 0.198. The van der Waals surface area contributed by atoms with Crippen LogP contribution in [0.2, 0.25) is 0 Å². The number of carbonyl (C=O) groups excluding carboxylic acids is 1. The Balaban J connectivity index is 1.97. The van der Waals surface area contributed by atoms with E-state index in [-0.39, 0.29) is 5.91 Å². The molecule has 0 radical (unpaired) electrons. The monoisotopic (exact) mass is 199 g/mol. The minimum Gasteiger partial charge on any atom is -0.353 e. The average molecular weight is 199 g/mol. The molecule has 1 aliphatic carbocycles. The Kier molecular flexibility index (Phi) is 4.90. The fourth-order valence-electron chi connectivity index (χ4n) is 1.23. The number of amides is 1. The van der Waals surface area contributed by atoms with Crippen LogP contribution in [0.15, 0.2) is 0 Å². The molecule has 0 unspecified atom stereocenters. The topological polar surface area (TPSA) is 44.4 Å². The molecule has 1 amide bonds. The number of hydrogen-bond acceptors (Lipinski definition) is 3. The summed E-state index contributed by atoms with van der Waals surface area (Å²) in [6, 6.07) is 0.491. The summed E-state index contributed by atoms with van der Waals surface area (Å²) >= 11 is 0. The van der Waals surface area contributed by atoms with E-state index in [9.17, 15) is 4.79 Å². The molecule has 1 aliphatic rings. The van der Waals surface area contributed by atoms with E-state index >= 15 is 0 Å². The van der Waals surface area contributed by atoms with Crippen LogP contribution in [0.25, 0.3) is 0 Å². The van der Waals surface area contributed by atoms with Crippen LogP contribution in [0, 0.1) is 0 Å². The fourth-order valence-corrected chi connectivity index (χ4v) is 1.23. The van der Waals surface area contributed by atoms with Crippen LogP contribution in [0.1, 0.15) is 19.3 Å². The number of likely N-dealkylation sites (N-methyl/N-ethyl adjacent to an activating group) is 2. The Morgan fingerprint density at radius 2 is 2.14 bits per heavy atom. The third kappa shape index (κ3) is 5.19. The van der Waals surface area contributed by atoms with E-state index in [1.807, 2.05) is 14.1 Å². The molecule has 1 fully saturated rings. The van der Waals surface area contributed by atoms with Gasteiger partial charge in [0.15, 0.2) is 0 Å². The molecule has 0 spiro atoms. The Morgan fingerprint density at radius 1 is 1.43 bits per heavy atom. The van der Waals surface area contributed by atoms with Crippen molar-refractivity contribution in [2.24, 2.45) is 0 Å². The van der Waals surface area contributed by atoms with Gasteiger partial charge >= 0.3 is 0 Å². The largest absolute Gasteiger partial charge is 0.353 e. The van der Waals surface area contributed by atoms with Gasteiger partial charge < -0.3 is 15.5 Å². The molecule has 14 heavy (non-hydrogen) atoms. The first-order chi connectivity index (χ1) is 6.72. The first-order valence-corrected chi connectivity index (χ1v) is 5.35. The molecule has 1 rings (SSSR count). The first-order valence-electron chi connectivity index (χ1n) is 5.35. The lowest BCUT2D eigenvalue weighted by molar-refractivity contribution is -0.121. The predicted octanol–water partition coefficient (Wildman–Crippen LogP) is -0.194. The van der Waals surface area contributed by atoms with Crippen LogP contribution in [-0.4, -0.2) is 50.6 Å². The minimum atomic E-state index is 0.198. The van der Waals surface area contributed by atoms with Crippen LogP contribution in [-0.2, 0) is 4.79 Å². The highest BCUT2D eigenvalue weighted by atomic mass is 16.1. The molecule has 0 atom stereocenters. The number of rotatable bonds is 7. The van der Waals surface area contributed by atoms with Gasteiger partial charge in [0.05, 0.1) is 0 Å². The summed E-state index contributed by atoms with van der Waals surface area (Å²) in [6.45, 7) is 2.81. The van der Waals surface area contributed by atoms with Crippen molar-refractivity contribution in [1.29, 1.82) is 0 Å². The average Bonchev–Trinajstić information content (AvgIpc) is 2.95. The second-order valence-electron chi connectivity index (χ2n) is 4.00. The van der Waals surface area contributed by atoms with Crippen molar-refractivity contribution in [2.45, 2.75) is 25.3 Å². The van der Waals surface area contributed by atoms with Crippen molar-refractivity contribution in [1.82, 2.24) is 15.5 Å². The Hall–Kier alpha value is -0.610. The van der Waals surface area contributed by atoms with E-state index < -0.39 is 0 Å². The van der Waals surface area contributed by atoms with E-state index in [1.54, 1.807) is 0 Å². The molecular weight excluding hydrogens is 178 g/mol. The second kappa shape index (κ2) is 5.98. The van der Waals surface area contributed by atoms with Crippen molar-refractivity contribution < 1.29 is 4.79 Å². The maximum absolute atomic E-state index is 11.3. The molecule has 0 aromatic rings. The highest BCUT2D eigenvalue weighted by Gasteiger charge is 2.22. The smallest absolute Gasteiger partial charge is 0.221 e. The van der Waals surface area contributed by atoms with Crippen molar-refractivity contribution in [2.75, 3.05) is 33.7 Å². The third-order valence-electron chi connectivity index (χ3n) is 2.41. The first kappa shape index (κ1) is 11.5. The molecule has 0 bridgehead atoms. The molecular formula is C10H21N3O. The summed E-state index contributed by atoms with van der Waals surface area (Å²) in [5, 5.41) is 6.07. The van der Waals surface area contributed by atoms with Crippen LogP contribution in [0.3, 0.4) is 0 Å². The maximum atomic E-state index is 11.3.